The van der Waals surface area contributed by atoms with Crippen LogP contribution in [-0.4, -0.2) is 68.0 Å². The highest BCUT2D eigenvalue weighted by Crippen LogP contribution is 2.40. The monoisotopic (exact) mass is 610 g/mol. The maximum absolute atomic E-state index is 12.6. The average molecular weight is 611 g/mol. The number of methoxy groups -OCH3 is 1. The van der Waals surface area contributed by atoms with E-state index in [0.717, 1.165) is 49.7 Å². The van der Waals surface area contributed by atoms with E-state index in [9.17, 15) is 14.4 Å². The lowest BCUT2D eigenvalue weighted by molar-refractivity contribution is -0.130. The van der Waals surface area contributed by atoms with Crippen LogP contribution in [0.4, 0.5) is 11.5 Å². The maximum Gasteiger partial charge on any atom is 0.251 e. The minimum absolute atomic E-state index is 0.141. The number of ether oxygens (including phenoxy) is 1. The van der Waals surface area contributed by atoms with Gasteiger partial charge in [0.25, 0.3) is 5.91 Å². The fourth-order valence-electron chi connectivity index (χ4n) is 5.56. The number of carbonyl (C=O) groups is 3. The van der Waals surface area contributed by atoms with Crippen molar-refractivity contribution in [2.75, 3.05) is 50.1 Å². The number of aryl methyl sites for hydroxylation is 1. The summed E-state index contributed by atoms with van der Waals surface area (Å²) < 4.78 is 4.62. The molecule has 2 aliphatic rings. The zero-order valence-corrected chi connectivity index (χ0v) is 27.5. The molecular weight excluding hydrogens is 556 g/mol. The van der Waals surface area contributed by atoms with Crippen molar-refractivity contribution in [1.29, 1.82) is 0 Å². The molecule has 0 spiro atoms. The molecule has 0 bridgehead atoms. The largest absolute Gasteiger partial charge is 0.383 e. The van der Waals surface area contributed by atoms with Gasteiger partial charge in [-0.2, -0.15) is 0 Å². The SMILES string of the molecule is C1CCCCC1.CCCC1(C(=O)CC)CN(c2ccc(C(=O)NCc3cc(NCC)nc(C)n3)cc2)C1.COCCNC=O. The number of amides is 2. The van der Waals surface area contributed by atoms with E-state index in [1.54, 1.807) is 7.11 Å². The zero-order valence-electron chi connectivity index (χ0n) is 27.5. The van der Waals surface area contributed by atoms with Gasteiger partial charge in [-0.05, 0) is 44.5 Å². The molecule has 244 valence electrons. The topological polar surface area (TPSA) is 126 Å². The number of nitrogens with one attached hydrogen (secondary N) is 3. The molecule has 1 aromatic heterocycles. The van der Waals surface area contributed by atoms with Gasteiger partial charge in [-0.15, -0.1) is 0 Å². The van der Waals surface area contributed by atoms with Crippen LogP contribution in [0.3, 0.4) is 0 Å². The molecule has 10 nitrogen and oxygen atoms in total. The van der Waals surface area contributed by atoms with Crippen molar-refractivity contribution in [2.24, 2.45) is 5.41 Å². The molecular formula is C34H54N6O4. The molecule has 2 fully saturated rings. The summed E-state index contributed by atoms with van der Waals surface area (Å²) in [6, 6.07) is 9.44. The van der Waals surface area contributed by atoms with E-state index in [1.165, 1.54) is 38.5 Å². The number of ketones is 1. The number of anilines is 2. The molecule has 44 heavy (non-hydrogen) atoms. The second-order valence-corrected chi connectivity index (χ2v) is 11.4. The molecule has 0 atom stereocenters. The standard InChI is InChI=1S/C24H33N5O2.C6H12.C4H9NO2/c1-5-12-24(21(30)6-2)15-29(16-24)20-10-8-18(9-11-20)23(31)26-14-19-13-22(25-7-3)28-17(4)27-19;1-2-4-6-5-3-1;1-7-3-2-5-4-6/h8-11,13H,5-7,12,14-16H2,1-4H3,(H,26,31)(H,25,27,28);1-6H2;4H,2-3H2,1H3,(H,5,6). The number of carbonyl (C=O) groups excluding carboxylic acids is 3. The number of rotatable bonds is 14. The summed E-state index contributed by atoms with van der Waals surface area (Å²) in [7, 11) is 1.59. The van der Waals surface area contributed by atoms with Crippen LogP contribution in [0.2, 0.25) is 0 Å². The summed E-state index contributed by atoms with van der Waals surface area (Å²) >= 11 is 0. The molecule has 1 aromatic carbocycles. The van der Waals surface area contributed by atoms with Gasteiger partial charge in [0.1, 0.15) is 17.4 Å². The van der Waals surface area contributed by atoms with Crippen molar-refractivity contribution in [3.8, 4) is 0 Å². The second kappa shape index (κ2) is 20.4. The van der Waals surface area contributed by atoms with E-state index in [4.69, 9.17) is 0 Å². The summed E-state index contributed by atoms with van der Waals surface area (Å²) in [5.74, 6) is 1.65. The predicted octanol–water partition coefficient (Wildman–Crippen LogP) is 5.45. The summed E-state index contributed by atoms with van der Waals surface area (Å²) in [5.41, 5.74) is 2.22. The minimum atomic E-state index is -0.194. The zero-order chi connectivity index (χ0) is 32.2. The first-order valence-corrected chi connectivity index (χ1v) is 16.2. The van der Waals surface area contributed by atoms with Gasteiger partial charge in [0.15, 0.2) is 0 Å². The van der Waals surface area contributed by atoms with Crippen LogP contribution in [0.5, 0.6) is 0 Å². The van der Waals surface area contributed by atoms with Gasteiger partial charge in [0.05, 0.1) is 24.3 Å². The smallest absolute Gasteiger partial charge is 0.251 e. The Labute approximate surface area is 264 Å². The molecule has 2 heterocycles. The minimum Gasteiger partial charge on any atom is -0.383 e. The molecule has 0 unspecified atom stereocenters. The van der Waals surface area contributed by atoms with Crippen molar-refractivity contribution in [3.63, 3.8) is 0 Å². The lowest BCUT2D eigenvalue weighted by Crippen LogP contribution is -2.60. The van der Waals surface area contributed by atoms with Crippen molar-refractivity contribution in [3.05, 3.63) is 47.4 Å². The third kappa shape index (κ3) is 12.2. The Balaban J connectivity index is 0.000000429. The number of nitrogens with zero attached hydrogens (tertiary/aromatic N) is 3. The number of hydrogen-bond acceptors (Lipinski definition) is 8. The first kappa shape index (κ1) is 36.7. The van der Waals surface area contributed by atoms with Crippen molar-refractivity contribution in [2.45, 2.75) is 92.0 Å². The lowest BCUT2D eigenvalue weighted by atomic mass is 9.71. The van der Waals surface area contributed by atoms with E-state index in [1.807, 2.05) is 51.1 Å². The highest BCUT2D eigenvalue weighted by Gasteiger charge is 2.47. The molecule has 1 aliphatic heterocycles. The van der Waals surface area contributed by atoms with E-state index < -0.39 is 0 Å². The van der Waals surface area contributed by atoms with Gasteiger partial charge in [0.2, 0.25) is 6.41 Å². The highest BCUT2D eigenvalue weighted by molar-refractivity contribution is 5.94. The first-order valence-electron chi connectivity index (χ1n) is 16.2. The second-order valence-electron chi connectivity index (χ2n) is 11.4. The molecule has 2 amide bonds. The van der Waals surface area contributed by atoms with Crippen LogP contribution in [0.15, 0.2) is 30.3 Å². The Morgan fingerprint density at radius 1 is 1.00 bits per heavy atom. The summed E-state index contributed by atoms with van der Waals surface area (Å²) in [4.78, 5) is 45.4. The summed E-state index contributed by atoms with van der Waals surface area (Å²) in [6.45, 7) is 11.7. The van der Waals surface area contributed by atoms with Gasteiger partial charge in [-0.3, -0.25) is 14.4 Å². The molecule has 10 heteroatoms. The fourth-order valence-corrected chi connectivity index (χ4v) is 5.56. The first-order chi connectivity index (χ1) is 21.3. The van der Waals surface area contributed by atoms with Gasteiger partial charge in [-0.1, -0.05) is 58.8 Å². The number of benzene rings is 1. The molecule has 2 aromatic rings. The Morgan fingerprint density at radius 3 is 2.16 bits per heavy atom. The molecule has 0 radical (unpaired) electrons. The van der Waals surface area contributed by atoms with Crippen LogP contribution in [0.1, 0.15) is 100 Å². The molecule has 1 aliphatic carbocycles. The van der Waals surface area contributed by atoms with Gasteiger partial charge in [-0.25, -0.2) is 9.97 Å². The Morgan fingerprint density at radius 2 is 1.64 bits per heavy atom. The van der Waals surface area contributed by atoms with Gasteiger partial charge >= 0.3 is 0 Å². The summed E-state index contributed by atoms with van der Waals surface area (Å²) in [5, 5.41) is 8.54. The molecule has 1 saturated carbocycles. The van der Waals surface area contributed by atoms with Crippen LogP contribution < -0.4 is 20.9 Å². The van der Waals surface area contributed by atoms with E-state index in [0.29, 0.717) is 49.7 Å². The van der Waals surface area contributed by atoms with E-state index >= 15 is 0 Å². The third-order valence-electron chi connectivity index (χ3n) is 7.84. The average Bonchev–Trinajstić information content (AvgIpc) is 3.03. The molecule has 1 saturated heterocycles. The van der Waals surface area contributed by atoms with Crippen LogP contribution in [-0.2, 0) is 20.9 Å². The van der Waals surface area contributed by atoms with E-state index in [2.05, 4.69) is 42.5 Å². The van der Waals surface area contributed by atoms with Crippen LogP contribution in [0.25, 0.3) is 0 Å². The predicted molar refractivity (Wildman–Crippen MR) is 177 cm³/mol. The summed E-state index contributed by atoms with van der Waals surface area (Å²) in [6.07, 6.45) is 12.2. The van der Waals surface area contributed by atoms with Gasteiger partial charge < -0.3 is 25.6 Å². The van der Waals surface area contributed by atoms with E-state index in [-0.39, 0.29) is 11.3 Å². The molecule has 3 N–H and O–H groups in total. The maximum atomic E-state index is 12.6. The molecule has 4 rings (SSSR count). The van der Waals surface area contributed by atoms with Crippen molar-refractivity contribution in [1.82, 2.24) is 20.6 Å². The number of Topliss-reactive ketones (excluding diaryl/α,β-unsaturated/α-hetero) is 1. The van der Waals surface area contributed by atoms with Crippen LogP contribution in [0, 0.1) is 12.3 Å². The highest BCUT2D eigenvalue weighted by atomic mass is 16.5. The van der Waals surface area contributed by atoms with Gasteiger partial charge in [0, 0.05) is 57.0 Å². The van der Waals surface area contributed by atoms with Crippen LogP contribution >= 0.6 is 0 Å². The quantitative estimate of drug-likeness (QED) is 0.190. The Hall–Kier alpha value is -3.53. The normalized spacial score (nSPS) is 14.9. The van der Waals surface area contributed by atoms with Crippen molar-refractivity contribution >= 4 is 29.6 Å². The third-order valence-corrected chi connectivity index (χ3v) is 7.84. The van der Waals surface area contributed by atoms with Crippen molar-refractivity contribution < 1.29 is 19.1 Å². The fraction of sp³-hybridized carbons (Fsp3) is 0.618. The lowest BCUT2D eigenvalue weighted by Gasteiger charge is -2.50. The Bertz CT molecular complexity index is 1120. The Kier molecular flexibility index (Phi) is 17.0. The number of hydrogen-bond donors (Lipinski definition) is 3. The number of aromatic nitrogens is 2.